The summed E-state index contributed by atoms with van der Waals surface area (Å²) in [4.78, 5) is 23.6. The number of carbonyl (C=O) groups excluding carboxylic acids is 1. The maximum absolute atomic E-state index is 12.3. The molecule has 1 heterocycles. The van der Waals surface area contributed by atoms with E-state index in [1.807, 2.05) is 25.2 Å². The van der Waals surface area contributed by atoms with Crippen molar-refractivity contribution in [2.75, 3.05) is 25.7 Å². The predicted octanol–water partition coefficient (Wildman–Crippen LogP) is 1.29. The van der Waals surface area contributed by atoms with Crippen LogP contribution in [0.5, 0.6) is 11.5 Å². The smallest absolute Gasteiger partial charge is 0.279 e. The Kier molecular flexibility index (Phi) is 5.04. The van der Waals surface area contributed by atoms with Gasteiger partial charge in [0.15, 0.2) is 18.0 Å². The van der Waals surface area contributed by atoms with Crippen LogP contribution in [0.1, 0.15) is 11.1 Å². The first kappa shape index (κ1) is 17.7. The summed E-state index contributed by atoms with van der Waals surface area (Å²) in [6, 6.07) is 10.1. The lowest BCUT2D eigenvalue weighted by Gasteiger charge is -2.15. The summed E-state index contributed by atoms with van der Waals surface area (Å²) in [5.74, 6) is 1.30. The molecule has 0 spiro atoms. The zero-order chi connectivity index (χ0) is 18.7. The first-order chi connectivity index (χ1) is 12.4. The van der Waals surface area contributed by atoms with E-state index < -0.39 is 4.92 Å². The van der Waals surface area contributed by atoms with Gasteiger partial charge in [0, 0.05) is 23.4 Å². The molecule has 1 unspecified atom stereocenters. The van der Waals surface area contributed by atoms with Crippen molar-refractivity contribution < 1.29 is 24.1 Å². The van der Waals surface area contributed by atoms with E-state index in [0.29, 0.717) is 17.8 Å². The average molecular weight is 358 g/mol. The third-order valence-electron chi connectivity index (χ3n) is 4.10. The largest absolute Gasteiger partial charge is 0.454 e. The SMILES string of the molecule is Cc1cc([N+](=O)[O-])ccc1NC(=O)C[NH+](C)Cc1ccc2c(c1)OCO2. The van der Waals surface area contributed by atoms with Gasteiger partial charge >= 0.3 is 0 Å². The van der Waals surface area contributed by atoms with Crippen molar-refractivity contribution in [3.8, 4) is 11.5 Å². The number of hydrogen-bond donors (Lipinski definition) is 2. The van der Waals surface area contributed by atoms with Crippen LogP contribution in [-0.2, 0) is 11.3 Å². The molecule has 2 aromatic rings. The van der Waals surface area contributed by atoms with Gasteiger partial charge in [-0.05, 0) is 36.8 Å². The van der Waals surface area contributed by atoms with E-state index in [-0.39, 0.29) is 24.9 Å². The quantitative estimate of drug-likeness (QED) is 0.599. The Bertz CT molecular complexity index is 853. The molecule has 0 saturated carbocycles. The van der Waals surface area contributed by atoms with Gasteiger partial charge < -0.3 is 19.7 Å². The maximum atomic E-state index is 12.3. The second kappa shape index (κ2) is 7.40. The summed E-state index contributed by atoms with van der Waals surface area (Å²) < 4.78 is 10.7. The molecule has 136 valence electrons. The molecule has 0 fully saturated rings. The number of non-ortho nitro benzene ring substituents is 1. The number of amides is 1. The van der Waals surface area contributed by atoms with Crippen molar-refractivity contribution in [3.63, 3.8) is 0 Å². The van der Waals surface area contributed by atoms with Gasteiger partial charge in [0.1, 0.15) is 6.54 Å². The number of anilines is 1. The standard InChI is InChI=1S/C18H19N3O5/c1-12-7-14(21(23)24)4-5-15(12)19-18(22)10-20(2)9-13-3-6-16-17(8-13)26-11-25-16/h3-8H,9-11H2,1-2H3,(H,19,22)/p+1. The number of fused-ring (bicyclic) bond motifs is 1. The van der Waals surface area contributed by atoms with Crippen molar-refractivity contribution >= 4 is 17.3 Å². The molecule has 1 amide bonds. The highest BCUT2D eigenvalue weighted by Gasteiger charge is 2.17. The molecular formula is C18H20N3O5+. The first-order valence-electron chi connectivity index (χ1n) is 8.17. The van der Waals surface area contributed by atoms with Crippen LogP contribution in [0.15, 0.2) is 36.4 Å². The number of aryl methyl sites for hydroxylation is 1. The van der Waals surface area contributed by atoms with Crippen molar-refractivity contribution in [1.29, 1.82) is 0 Å². The highest BCUT2D eigenvalue weighted by molar-refractivity contribution is 5.92. The molecule has 0 bridgehead atoms. The Hall–Kier alpha value is -3.13. The monoisotopic (exact) mass is 358 g/mol. The van der Waals surface area contributed by atoms with Crippen LogP contribution in [0.25, 0.3) is 0 Å². The Balaban J connectivity index is 1.57. The van der Waals surface area contributed by atoms with Gasteiger partial charge in [0.05, 0.1) is 12.0 Å². The first-order valence-corrected chi connectivity index (χ1v) is 8.17. The number of benzene rings is 2. The highest BCUT2D eigenvalue weighted by atomic mass is 16.7. The fourth-order valence-electron chi connectivity index (χ4n) is 2.83. The molecule has 2 N–H and O–H groups in total. The van der Waals surface area contributed by atoms with Crippen molar-refractivity contribution in [3.05, 3.63) is 57.6 Å². The molecule has 0 aliphatic carbocycles. The van der Waals surface area contributed by atoms with Gasteiger partial charge in [-0.3, -0.25) is 14.9 Å². The summed E-state index contributed by atoms with van der Waals surface area (Å²) in [7, 11) is 1.92. The lowest BCUT2D eigenvalue weighted by Crippen LogP contribution is -3.08. The van der Waals surface area contributed by atoms with Gasteiger partial charge in [-0.1, -0.05) is 0 Å². The molecule has 2 aromatic carbocycles. The zero-order valence-electron chi connectivity index (χ0n) is 14.6. The number of nitro groups is 1. The minimum Gasteiger partial charge on any atom is -0.454 e. The van der Waals surface area contributed by atoms with Gasteiger partial charge in [0.2, 0.25) is 6.79 Å². The Morgan fingerprint density at radius 1 is 1.23 bits per heavy atom. The van der Waals surface area contributed by atoms with E-state index in [1.165, 1.54) is 12.1 Å². The maximum Gasteiger partial charge on any atom is 0.279 e. The number of ether oxygens (including phenoxy) is 2. The summed E-state index contributed by atoms with van der Waals surface area (Å²) in [5, 5.41) is 13.6. The van der Waals surface area contributed by atoms with Gasteiger partial charge in [-0.15, -0.1) is 0 Å². The number of nitrogens with one attached hydrogen (secondary N) is 2. The molecule has 1 atom stereocenters. The lowest BCUT2D eigenvalue weighted by atomic mass is 10.1. The number of likely N-dealkylation sites (N-methyl/N-ethyl adjacent to an activating group) is 1. The van der Waals surface area contributed by atoms with Crippen LogP contribution in [0.3, 0.4) is 0 Å². The highest BCUT2D eigenvalue weighted by Crippen LogP contribution is 2.32. The lowest BCUT2D eigenvalue weighted by molar-refractivity contribution is -0.885. The minimum absolute atomic E-state index is 0.00560. The van der Waals surface area contributed by atoms with Gasteiger partial charge in [-0.2, -0.15) is 0 Å². The van der Waals surface area contributed by atoms with E-state index in [0.717, 1.165) is 22.0 Å². The summed E-state index contributed by atoms with van der Waals surface area (Å²) >= 11 is 0. The third kappa shape index (κ3) is 4.09. The third-order valence-corrected chi connectivity index (χ3v) is 4.10. The van der Waals surface area contributed by atoms with Crippen molar-refractivity contribution in [2.45, 2.75) is 13.5 Å². The fourth-order valence-corrected chi connectivity index (χ4v) is 2.83. The van der Waals surface area contributed by atoms with Crippen LogP contribution >= 0.6 is 0 Å². The van der Waals surface area contributed by atoms with E-state index in [1.54, 1.807) is 13.0 Å². The summed E-state index contributed by atoms with van der Waals surface area (Å²) in [5.41, 5.74) is 2.29. The van der Waals surface area contributed by atoms with Crippen LogP contribution in [0.4, 0.5) is 11.4 Å². The molecule has 1 aliphatic heterocycles. The normalized spacial score (nSPS) is 13.3. The average Bonchev–Trinajstić information content (AvgIpc) is 3.04. The Labute approximate surface area is 150 Å². The zero-order valence-corrected chi connectivity index (χ0v) is 14.6. The number of carbonyl (C=O) groups is 1. The van der Waals surface area contributed by atoms with Crippen LogP contribution < -0.4 is 19.7 Å². The number of nitrogens with zero attached hydrogens (tertiary/aromatic N) is 1. The molecule has 8 heteroatoms. The van der Waals surface area contributed by atoms with Crippen LogP contribution in [-0.4, -0.2) is 31.2 Å². The molecule has 0 radical (unpaired) electrons. The molecule has 0 saturated heterocycles. The summed E-state index contributed by atoms with van der Waals surface area (Å²) in [6.07, 6.45) is 0. The second-order valence-corrected chi connectivity index (χ2v) is 6.30. The molecular weight excluding hydrogens is 338 g/mol. The number of nitro benzene ring substituents is 1. The van der Waals surface area contributed by atoms with E-state index in [4.69, 9.17) is 9.47 Å². The molecule has 8 nitrogen and oxygen atoms in total. The number of rotatable bonds is 6. The molecule has 1 aliphatic rings. The summed E-state index contributed by atoms with van der Waals surface area (Å²) in [6.45, 7) is 2.89. The Morgan fingerprint density at radius 2 is 2.00 bits per heavy atom. The van der Waals surface area contributed by atoms with Crippen LogP contribution in [0.2, 0.25) is 0 Å². The van der Waals surface area contributed by atoms with Crippen LogP contribution in [0, 0.1) is 17.0 Å². The fraction of sp³-hybridized carbons (Fsp3) is 0.278. The second-order valence-electron chi connectivity index (χ2n) is 6.30. The Morgan fingerprint density at radius 3 is 2.73 bits per heavy atom. The van der Waals surface area contributed by atoms with Crippen molar-refractivity contribution in [1.82, 2.24) is 0 Å². The van der Waals surface area contributed by atoms with Crippen molar-refractivity contribution in [2.24, 2.45) is 0 Å². The molecule has 26 heavy (non-hydrogen) atoms. The molecule has 3 rings (SSSR count). The minimum atomic E-state index is -0.456. The van der Waals surface area contributed by atoms with E-state index in [2.05, 4.69) is 5.32 Å². The van der Waals surface area contributed by atoms with E-state index in [9.17, 15) is 14.9 Å². The topological polar surface area (TPSA) is 95.1 Å². The molecule has 0 aromatic heterocycles. The number of hydrogen-bond acceptors (Lipinski definition) is 5. The van der Waals surface area contributed by atoms with E-state index >= 15 is 0 Å². The number of quaternary nitrogens is 1. The van der Waals surface area contributed by atoms with Gasteiger partial charge in [0.25, 0.3) is 11.6 Å². The predicted molar refractivity (Wildman–Crippen MR) is 94.5 cm³/mol. The van der Waals surface area contributed by atoms with Gasteiger partial charge in [-0.25, -0.2) is 0 Å².